The average molecular weight is 2200 g/mol. The van der Waals surface area contributed by atoms with Crippen LogP contribution >= 0.6 is 171 Å². The number of benzene rings is 7. The van der Waals surface area contributed by atoms with Gasteiger partial charge in [0.05, 0.1) is 31.7 Å². The molecule has 103 heavy (non-hydrogen) atoms. The van der Waals surface area contributed by atoms with E-state index in [1.54, 1.807) is 32.9 Å². The van der Waals surface area contributed by atoms with Crippen molar-refractivity contribution in [2.24, 2.45) is 35.3 Å². The van der Waals surface area contributed by atoms with Gasteiger partial charge in [-0.15, -0.1) is 12.4 Å². The van der Waals surface area contributed by atoms with E-state index in [2.05, 4.69) is 287 Å². The van der Waals surface area contributed by atoms with Gasteiger partial charge in [0.25, 0.3) is 0 Å². The van der Waals surface area contributed by atoms with E-state index in [4.69, 9.17) is 30.5 Å². The lowest BCUT2D eigenvalue weighted by atomic mass is 10.1. The molecule has 0 unspecified atom stereocenters. The van der Waals surface area contributed by atoms with Gasteiger partial charge >= 0.3 is 23.9 Å². The molecule has 11 nitrogen and oxygen atoms in total. The number of aldehydes is 1. The molecule has 0 heterocycles. The van der Waals surface area contributed by atoms with Gasteiger partial charge in [-0.25, -0.2) is 9.59 Å². The number of aliphatic hydroxyl groups excluding tert-OH is 1. The zero-order valence-electron chi connectivity index (χ0n) is 59.0. The highest BCUT2D eigenvalue weighted by atomic mass is 127. The maximum absolute atomic E-state index is 11.6. The van der Waals surface area contributed by atoms with Crippen molar-refractivity contribution in [3.05, 3.63) is 285 Å². The van der Waals surface area contributed by atoms with Crippen LogP contribution in [0.2, 0.25) is 0 Å². The number of ether oxygens (including phenoxy) is 2. The summed E-state index contributed by atoms with van der Waals surface area (Å²) in [6, 6.07) is 57.7. The van der Waals surface area contributed by atoms with Crippen LogP contribution in [0.25, 0.3) is 42.5 Å². The summed E-state index contributed by atoms with van der Waals surface area (Å²) < 4.78 is 18.4. The molecule has 7 aromatic rings. The number of hydrogen-bond donors (Lipinski definition) is 4. The van der Waals surface area contributed by atoms with E-state index in [1.807, 2.05) is 119 Å². The number of carboxylic acid groups (broad SMARTS) is 2. The molecule has 19 heteroatoms. The van der Waals surface area contributed by atoms with Crippen molar-refractivity contribution in [2.75, 3.05) is 19.8 Å². The summed E-state index contributed by atoms with van der Waals surface area (Å²) in [7, 11) is 0. The third-order valence-electron chi connectivity index (χ3n) is 15.5. The van der Waals surface area contributed by atoms with Crippen molar-refractivity contribution in [1.82, 2.24) is 0 Å². The van der Waals surface area contributed by atoms with Gasteiger partial charge in [-0.3, -0.25) is 14.4 Å². The van der Waals surface area contributed by atoms with Crippen LogP contribution in [-0.4, -0.2) is 71.3 Å². The highest BCUT2D eigenvalue weighted by molar-refractivity contribution is 14.1. The molecule has 3 fully saturated rings. The predicted octanol–water partition coefficient (Wildman–Crippen LogP) is 22.9. The van der Waals surface area contributed by atoms with Gasteiger partial charge in [-0.2, -0.15) is 0 Å². The molecule has 10 rings (SSSR count). The third kappa shape index (κ3) is 39.1. The van der Waals surface area contributed by atoms with Crippen molar-refractivity contribution >= 4 is 243 Å². The van der Waals surface area contributed by atoms with Crippen molar-refractivity contribution in [1.29, 1.82) is 0 Å². The number of aliphatic hydroxyl groups is 1. The van der Waals surface area contributed by atoms with Gasteiger partial charge in [0, 0.05) is 42.7 Å². The van der Waals surface area contributed by atoms with Crippen molar-refractivity contribution in [3.8, 4) is 0 Å². The number of rotatable bonds is 19. The quantitative estimate of drug-likeness (QED) is 0.0198. The number of carbonyl (C=O) groups excluding carboxylic acids is 3. The van der Waals surface area contributed by atoms with Crippen LogP contribution in [0, 0.1) is 54.6 Å². The minimum Gasteiger partial charge on any atom is -0.481 e. The molecule has 0 aliphatic heterocycles. The fraction of sp³-hybridized carbons (Fsp3) is 0.250. The molecule has 3 aliphatic rings. The topological polar surface area (TPSA) is 191 Å². The molecule has 0 bridgehead atoms. The van der Waals surface area contributed by atoms with Crippen LogP contribution in [0.15, 0.2) is 221 Å². The van der Waals surface area contributed by atoms with E-state index in [-0.39, 0.29) is 48.7 Å². The van der Waals surface area contributed by atoms with Crippen molar-refractivity contribution < 1.29 is 48.8 Å². The summed E-state index contributed by atoms with van der Waals surface area (Å²) in [5, 5.41) is 26.3. The van der Waals surface area contributed by atoms with E-state index in [1.165, 1.54) is 55.3 Å². The fourth-order valence-electron chi connectivity index (χ4n) is 9.58. The second-order valence-corrected chi connectivity index (χ2v) is 33.0. The molecule has 0 spiro atoms. The normalized spacial score (nSPS) is 17.4. The summed E-state index contributed by atoms with van der Waals surface area (Å²) in [4.78, 5) is 54.2. The molecular weight excluding hydrogens is 2110 g/mol. The maximum atomic E-state index is 11.6. The number of hydrogen-bond acceptors (Lipinski definition) is 9. The van der Waals surface area contributed by atoms with Gasteiger partial charge in [-0.1, -0.05) is 144 Å². The van der Waals surface area contributed by atoms with Gasteiger partial charge in [-0.05, 0) is 405 Å². The van der Waals surface area contributed by atoms with Crippen LogP contribution in [0.1, 0.15) is 121 Å². The Kier molecular flexibility index (Phi) is 45.0. The Bertz CT molecular complexity index is 4090. The Labute approximate surface area is 710 Å². The van der Waals surface area contributed by atoms with Crippen LogP contribution in [0.5, 0.6) is 0 Å². The van der Waals surface area contributed by atoms with Gasteiger partial charge < -0.3 is 30.5 Å². The largest absolute Gasteiger partial charge is 0.481 e. The van der Waals surface area contributed by atoms with Gasteiger partial charge in [0.1, 0.15) is 6.29 Å². The van der Waals surface area contributed by atoms with Crippen molar-refractivity contribution in [3.63, 3.8) is 0 Å². The monoisotopic (exact) mass is 2190 g/mol. The number of halogens is 8. The second-order valence-electron chi connectivity index (χ2n) is 24.3. The maximum Gasteiger partial charge on any atom is 0.331 e. The highest BCUT2D eigenvalue weighted by Gasteiger charge is 2.45. The summed E-state index contributed by atoms with van der Waals surface area (Å²) in [6.45, 7) is 18.2. The number of aliphatic carboxylic acids is 2. The number of nitrogens with two attached hydrogens (primary N) is 1. The lowest BCUT2D eigenvalue weighted by Crippen LogP contribution is -2.07. The van der Waals surface area contributed by atoms with Crippen LogP contribution in [0.4, 0.5) is 0 Å². The molecule has 6 atom stereocenters. The minimum atomic E-state index is -0.876. The Hall–Kier alpha value is -4.67. The first-order valence-electron chi connectivity index (χ1n) is 32.9. The highest BCUT2D eigenvalue weighted by Crippen LogP contribution is 2.46. The van der Waals surface area contributed by atoms with E-state index in [9.17, 15) is 24.0 Å². The average Bonchev–Trinajstić information content (AvgIpc) is 1.66. The number of carboxylic acids is 2. The Morgan fingerprint density at radius 1 is 0.408 bits per heavy atom. The SMILES string of the molecule is C/C(=C\c1ccc(I)cc1)C(=O)O.C/C(=C\c1ccc(I)cc1)CO.C/C(=C\c1ccc(I)cc1)[C@@H]1C[C@H]1C(=O)O.C/C(=C\c1ccc(I)cc1)[C@@H]1C[C@H]1N.C/C(C=O)=C\c1ccc(I)cc1.CCOC(=O)/C=C/C(C)=C/c1ccc(I)cc1.CCOC(=O)[C@@H]1C[C@H]1/C(C)=C/c1ccc(I)cc1.Cl. The Balaban J connectivity index is 0.000000313. The fourth-order valence-corrected chi connectivity index (χ4v) is 12.1. The molecule has 0 radical (unpaired) electrons. The third-order valence-corrected chi connectivity index (χ3v) is 20.5. The molecule has 0 saturated heterocycles. The first-order chi connectivity index (χ1) is 48.5. The molecule has 3 aliphatic carbocycles. The molecular formula is C84H89ClI7NO10. The van der Waals surface area contributed by atoms with Crippen LogP contribution in [-0.2, 0) is 33.4 Å². The number of esters is 2. The van der Waals surface area contributed by atoms with Gasteiger partial charge in [0.2, 0.25) is 0 Å². The van der Waals surface area contributed by atoms with Gasteiger partial charge in [0.15, 0.2) is 0 Å². The zero-order chi connectivity index (χ0) is 75.4. The Morgan fingerprint density at radius 2 is 0.699 bits per heavy atom. The lowest BCUT2D eigenvalue weighted by Gasteiger charge is -2.02. The standard InChI is InChI=1S/C15H17IO2.C14H15IO2.C13H13IO2.C12H14IN.C10H9IO2.C10H11IO.C10H9IO.ClH/c1-3-18-15(17)14-9-13(14)10(2)8-11-4-6-12(16)7-5-11;1-3-17-14(16)9-4-11(2)10-12-5-7-13(15)8-6-12;1-8(11-7-12(11)13(15)16)6-9-2-4-10(14)5-3-9;1-8(11-7-12(11)14)6-9-2-4-10(13)5-3-9;1-7(10(12)13)6-8-2-4-9(11)5-3-8;2*1-8(7-12)6-9-2-4-10(11)5-3-9;/h4-8,13-14H,3,9H2,1-2H3;4-10H,3H2,1-2H3;2-6,11-12H,7H2,1H3,(H,15,16);2-6,11-12H,7,14H2,1H3;2-6H,1H3,(H,12,13);2-6,12H,7H2,1H3;2-7H,1H3;1H/b10-8+;9-4+,11-10+;2*8-6+;7-6+;2*8-6+;/t13-,14+;;2*11-,12+;;;;/m0.00..../s1. The number of allylic oxidation sites excluding steroid dienone is 5. The predicted molar refractivity (Wildman–Crippen MR) is 487 cm³/mol. The van der Waals surface area contributed by atoms with Crippen molar-refractivity contribution in [2.45, 2.75) is 87.6 Å². The smallest absolute Gasteiger partial charge is 0.331 e. The first-order valence-corrected chi connectivity index (χ1v) is 40.4. The van der Waals surface area contributed by atoms with E-state index < -0.39 is 11.9 Å². The Morgan fingerprint density at radius 3 is 0.990 bits per heavy atom. The van der Waals surface area contributed by atoms with E-state index >= 15 is 0 Å². The first kappa shape index (κ1) is 92.5. The van der Waals surface area contributed by atoms with E-state index in [0.717, 1.165) is 73.7 Å². The molecule has 7 aromatic carbocycles. The summed E-state index contributed by atoms with van der Waals surface area (Å²) in [5.74, 6) is -0.695. The summed E-state index contributed by atoms with van der Waals surface area (Å²) >= 11 is 15.9. The summed E-state index contributed by atoms with van der Waals surface area (Å²) in [5.41, 5.74) is 20.6. The second kappa shape index (κ2) is 50.1. The molecule has 0 aromatic heterocycles. The number of carbonyl (C=O) groups is 5. The van der Waals surface area contributed by atoms with E-state index in [0.29, 0.717) is 36.7 Å². The lowest BCUT2D eigenvalue weighted by molar-refractivity contribution is -0.145. The summed E-state index contributed by atoms with van der Waals surface area (Å²) in [6.07, 6.45) is 21.0. The molecule has 5 N–H and O–H groups in total. The zero-order valence-corrected chi connectivity index (χ0v) is 74.9. The molecule has 546 valence electrons. The minimum absolute atomic E-state index is 0. The van der Waals surface area contributed by atoms with Crippen LogP contribution in [0.3, 0.4) is 0 Å². The molecule has 0 amide bonds. The molecule has 3 saturated carbocycles. The van der Waals surface area contributed by atoms with Crippen LogP contribution < -0.4 is 5.73 Å².